The number of amides is 1. The lowest BCUT2D eigenvalue weighted by Gasteiger charge is -2.40. The van der Waals surface area contributed by atoms with E-state index >= 15 is 0 Å². The van der Waals surface area contributed by atoms with E-state index in [2.05, 4.69) is 67.8 Å². The predicted molar refractivity (Wildman–Crippen MR) is 253 cm³/mol. The molecule has 1 fully saturated rings. The molecule has 0 aliphatic carbocycles. The first-order chi connectivity index (χ1) is 29.8. The quantitative estimate of drug-likeness (QED) is 0.0263. The van der Waals surface area contributed by atoms with E-state index < -0.39 is 49.5 Å². The lowest BCUT2D eigenvalue weighted by Crippen LogP contribution is -2.60. The first-order valence-electron chi connectivity index (χ1n) is 25.0. The molecule has 1 saturated heterocycles. The maximum absolute atomic E-state index is 12.9. The van der Waals surface area contributed by atoms with E-state index in [1.807, 2.05) is 6.08 Å². The van der Waals surface area contributed by atoms with E-state index in [4.69, 9.17) is 9.47 Å². The number of aliphatic hydroxyl groups is 5. The molecule has 0 spiro atoms. The van der Waals surface area contributed by atoms with Crippen LogP contribution in [0.1, 0.15) is 206 Å². The van der Waals surface area contributed by atoms with Gasteiger partial charge in [0.05, 0.1) is 25.4 Å². The minimum Gasteiger partial charge on any atom is -0.394 e. The van der Waals surface area contributed by atoms with Crippen LogP contribution >= 0.6 is 0 Å². The van der Waals surface area contributed by atoms with Crippen molar-refractivity contribution in [2.75, 3.05) is 13.2 Å². The number of nitrogens with one attached hydrogen (secondary N) is 1. The standard InChI is InChI=1S/C52H93NO8/c1-3-5-7-9-11-13-14-15-16-17-18-19-20-21-22-23-24-25-26-27-28-29-30-31-32-34-36-38-40-42-48(56)53-45(46(55)41-39-37-35-33-12-10-8-6-4-2)44-60-52-51(59)50(58)49(57)47(43-54)61-52/h5,7,11,13,15-16,18-19,39,41,45-47,49-52,54-55,57-59H,3-4,6,8-10,12,14,17,20-38,40,42-44H2,1-2H3,(H,53,56)/b7-5-,13-11-,16-15-,19-18-,41-39+. The van der Waals surface area contributed by atoms with Crippen LogP contribution in [0.3, 0.4) is 0 Å². The molecule has 61 heavy (non-hydrogen) atoms. The second kappa shape index (κ2) is 41.9. The number of hydrogen-bond donors (Lipinski definition) is 6. The van der Waals surface area contributed by atoms with Crippen LogP contribution in [-0.2, 0) is 14.3 Å². The minimum absolute atomic E-state index is 0.181. The van der Waals surface area contributed by atoms with Crippen molar-refractivity contribution in [2.45, 2.75) is 249 Å². The Morgan fingerprint density at radius 2 is 1.02 bits per heavy atom. The van der Waals surface area contributed by atoms with Gasteiger partial charge in [0.25, 0.3) is 0 Å². The van der Waals surface area contributed by atoms with Crippen LogP contribution in [0.2, 0.25) is 0 Å². The number of hydrogen-bond acceptors (Lipinski definition) is 8. The van der Waals surface area contributed by atoms with Crippen molar-refractivity contribution in [2.24, 2.45) is 0 Å². The summed E-state index contributed by atoms with van der Waals surface area (Å²) in [6.07, 6.45) is 48.6. The molecule has 1 aliphatic heterocycles. The van der Waals surface area contributed by atoms with Gasteiger partial charge in [0, 0.05) is 6.42 Å². The molecule has 0 radical (unpaired) electrons. The summed E-state index contributed by atoms with van der Waals surface area (Å²) in [7, 11) is 0. The third-order valence-electron chi connectivity index (χ3n) is 11.6. The largest absolute Gasteiger partial charge is 0.394 e. The Kier molecular flexibility index (Phi) is 39.1. The summed E-state index contributed by atoms with van der Waals surface area (Å²) < 4.78 is 11.2. The van der Waals surface area contributed by atoms with Crippen molar-refractivity contribution in [3.8, 4) is 0 Å². The number of aliphatic hydroxyl groups excluding tert-OH is 5. The molecule has 0 aromatic heterocycles. The van der Waals surface area contributed by atoms with Gasteiger partial charge in [-0.1, -0.05) is 203 Å². The summed E-state index contributed by atoms with van der Waals surface area (Å²) in [6, 6.07) is -0.803. The summed E-state index contributed by atoms with van der Waals surface area (Å²) in [5.74, 6) is -0.181. The van der Waals surface area contributed by atoms with Gasteiger partial charge in [0.1, 0.15) is 24.4 Å². The fourth-order valence-corrected chi connectivity index (χ4v) is 7.62. The smallest absolute Gasteiger partial charge is 0.220 e. The lowest BCUT2D eigenvalue weighted by atomic mass is 9.99. The molecule has 1 heterocycles. The molecule has 6 N–H and O–H groups in total. The molecule has 0 aromatic rings. The number of carbonyl (C=O) groups is 1. The monoisotopic (exact) mass is 860 g/mol. The van der Waals surface area contributed by atoms with E-state index in [0.29, 0.717) is 6.42 Å². The van der Waals surface area contributed by atoms with Crippen molar-refractivity contribution in [1.82, 2.24) is 5.32 Å². The molecule has 9 heteroatoms. The maximum Gasteiger partial charge on any atom is 0.220 e. The fraction of sp³-hybridized carbons (Fsp3) is 0.788. The first-order valence-corrected chi connectivity index (χ1v) is 25.0. The SMILES string of the molecule is CC/C=C\C/C=C\C/C=C\C/C=C\CCCCCCCCCCCCCCCCCCC(=O)NC(COC1OC(CO)C(O)C(O)C1O)C(O)/C=C/CCCCCCCCC. The van der Waals surface area contributed by atoms with Crippen LogP contribution in [0.25, 0.3) is 0 Å². The van der Waals surface area contributed by atoms with Crippen molar-refractivity contribution >= 4 is 5.91 Å². The Morgan fingerprint density at radius 1 is 0.574 bits per heavy atom. The fourth-order valence-electron chi connectivity index (χ4n) is 7.62. The van der Waals surface area contributed by atoms with E-state index in [1.54, 1.807) is 6.08 Å². The average molecular weight is 860 g/mol. The highest BCUT2D eigenvalue weighted by Crippen LogP contribution is 2.23. The van der Waals surface area contributed by atoms with Crippen LogP contribution < -0.4 is 5.32 Å². The van der Waals surface area contributed by atoms with E-state index in [0.717, 1.165) is 64.2 Å². The molecule has 7 unspecified atom stereocenters. The molecule has 0 aromatic carbocycles. The van der Waals surface area contributed by atoms with Gasteiger partial charge in [-0.2, -0.15) is 0 Å². The average Bonchev–Trinajstić information content (AvgIpc) is 3.26. The van der Waals surface area contributed by atoms with Gasteiger partial charge in [0.15, 0.2) is 6.29 Å². The molecule has 1 aliphatic rings. The summed E-state index contributed by atoms with van der Waals surface area (Å²) in [5.41, 5.74) is 0. The Hall–Kier alpha value is -2.11. The first kappa shape index (κ1) is 56.9. The van der Waals surface area contributed by atoms with Crippen molar-refractivity contribution in [3.63, 3.8) is 0 Å². The maximum atomic E-state index is 12.9. The highest BCUT2D eigenvalue weighted by Gasteiger charge is 2.44. The Balaban J connectivity index is 2.15. The molecule has 0 bridgehead atoms. The highest BCUT2D eigenvalue weighted by molar-refractivity contribution is 5.76. The van der Waals surface area contributed by atoms with Crippen LogP contribution in [0.4, 0.5) is 0 Å². The third kappa shape index (κ3) is 32.2. The van der Waals surface area contributed by atoms with Crippen molar-refractivity contribution < 1.29 is 39.8 Å². The molecular weight excluding hydrogens is 767 g/mol. The van der Waals surface area contributed by atoms with Crippen LogP contribution in [-0.4, -0.2) is 87.5 Å². The molecule has 7 atom stereocenters. The summed E-state index contributed by atoms with van der Waals surface area (Å²) in [5, 5.41) is 54.1. The zero-order valence-corrected chi connectivity index (χ0v) is 38.9. The van der Waals surface area contributed by atoms with Crippen molar-refractivity contribution in [3.05, 3.63) is 60.8 Å². The van der Waals surface area contributed by atoms with E-state index in [-0.39, 0.29) is 12.5 Å². The number of rotatable bonds is 41. The molecule has 1 amide bonds. The second-order valence-electron chi connectivity index (χ2n) is 17.2. The summed E-state index contributed by atoms with van der Waals surface area (Å²) in [4.78, 5) is 12.9. The number of allylic oxidation sites excluding steroid dienone is 9. The second-order valence-corrected chi connectivity index (χ2v) is 17.2. The summed E-state index contributed by atoms with van der Waals surface area (Å²) in [6.45, 7) is 3.62. The van der Waals surface area contributed by atoms with Gasteiger partial charge in [0.2, 0.25) is 5.91 Å². The van der Waals surface area contributed by atoms with E-state index in [1.165, 1.54) is 122 Å². The number of ether oxygens (including phenoxy) is 2. The zero-order chi connectivity index (χ0) is 44.4. The minimum atomic E-state index is -1.57. The van der Waals surface area contributed by atoms with Gasteiger partial charge < -0.3 is 40.3 Å². The topological polar surface area (TPSA) is 149 Å². The van der Waals surface area contributed by atoms with Gasteiger partial charge in [-0.15, -0.1) is 0 Å². The predicted octanol–water partition coefficient (Wildman–Crippen LogP) is 11.2. The van der Waals surface area contributed by atoms with Crippen molar-refractivity contribution in [1.29, 1.82) is 0 Å². The van der Waals surface area contributed by atoms with Crippen LogP contribution in [0.5, 0.6) is 0 Å². The number of carbonyl (C=O) groups excluding carboxylic acids is 1. The van der Waals surface area contributed by atoms with Crippen LogP contribution in [0.15, 0.2) is 60.8 Å². The third-order valence-corrected chi connectivity index (χ3v) is 11.6. The van der Waals surface area contributed by atoms with Crippen LogP contribution in [0, 0.1) is 0 Å². The molecule has 354 valence electrons. The Labute approximate surface area is 373 Å². The molecular formula is C52H93NO8. The molecule has 9 nitrogen and oxygen atoms in total. The normalized spacial score (nSPS) is 20.9. The Morgan fingerprint density at radius 3 is 1.51 bits per heavy atom. The van der Waals surface area contributed by atoms with E-state index in [9.17, 15) is 30.3 Å². The summed E-state index contributed by atoms with van der Waals surface area (Å²) >= 11 is 0. The lowest BCUT2D eigenvalue weighted by molar-refractivity contribution is -0.302. The number of unbranched alkanes of at least 4 members (excludes halogenated alkanes) is 23. The van der Waals surface area contributed by atoms with Gasteiger partial charge in [-0.3, -0.25) is 4.79 Å². The van der Waals surface area contributed by atoms with Gasteiger partial charge >= 0.3 is 0 Å². The molecule has 0 saturated carbocycles. The zero-order valence-electron chi connectivity index (χ0n) is 38.9. The Bertz CT molecular complexity index is 1140. The highest BCUT2D eigenvalue weighted by atomic mass is 16.7. The molecule has 1 rings (SSSR count). The van der Waals surface area contributed by atoms with Gasteiger partial charge in [-0.05, 0) is 57.8 Å². The van der Waals surface area contributed by atoms with Gasteiger partial charge in [-0.25, -0.2) is 0 Å².